The molecule has 1 aliphatic rings. The van der Waals surface area contributed by atoms with Gasteiger partial charge < -0.3 is 10.1 Å². The molecule has 2 aromatic carbocycles. The third kappa shape index (κ3) is 2.96. The van der Waals surface area contributed by atoms with Crippen LogP contribution in [0.5, 0.6) is 5.75 Å². The van der Waals surface area contributed by atoms with Crippen LogP contribution in [0.3, 0.4) is 0 Å². The largest absolute Gasteiger partial charge is 0.435 e. The van der Waals surface area contributed by atoms with Crippen molar-refractivity contribution < 1.29 is 17.9 Å². The molecule has 0 saturated heterocycles. The molecule has 2 aromatic rings. The molecule has 0 aliphatic heterocycles. The van der Waals surface area contributed by atoms with E-state index >= 15 is 0 Å². The van der Waals surface area contributed by atoms with Gasteiger partial charge in [0.25, 0.3) is 0 Å². The summed E-state index contributed by atoms with van der Waals surface area (Å²) in [6, 6.07) is 11.4. The highest BCUT2D eigenvalue weighted by atomic mass is 19.3. The van der Waals surface area contributed by atoms with Crippen molar-refractivity contribution in [3.63, 3.8) is 0 Å². The van der Waals surface area contributed by atoms with Crippen molar-refractivity contribution in [2.75, 3.05) is 5.32 Å². The van der Waals surface area contributed by atoms with E-state index in [1.165, 1.54) is 18.2 Å². The van der Waals surface area contributed by atoms with E-state index in [2.05, 4.69) is 10.1 Å². The third-order valence-electron chi connectivity index (χ3n) is 3.61. The van der Waals surface area contributed by atoms with E-state index in [-0.39, 0.29) is 17.6 Å². The maximum absolute atomic E-state index is 13.7. The molecule has 1 N–H and O–H groups in total. The summed E-state index contributed by atoms with van der Waals surface area (Å²) < 4.78 is 42.5. The summed E-state index contributed by atoms with van der Waals surface area (Å²) in [7, 11) is 0. The molecular formula is C16H14F3NO. The van der Waals surface area contributed by atoms with Gasteiger partial charge in [0.15, 0.2) is 0 Å². The Labute approximate surface area is 120 Å². The van der Waals surface area contributed by atoms with Gasteiger partial charge in [-0.3, -0.25) is 0 Å². The Balaban J connectivity index is 1.78. The first-order valence-electron chi connectivity index (χ1n) is 6.72. The Morgan fingerprint density at radius 3 is 2.76 bits per heavy atom. The molecule has 0 spiro atoms. The number of halogens is 3. The van der Waals surface area contributed by atoms with E-state index in [0.717, 1.165) is 17.5 Å². The van der Waals surface area contributed by atoms with Crippen LogP contribution in [0.15, 0.2) is 42.5 Å². The molecular weight excluding hydrogens is 279 g/mol. The summed E-state index contributed by atoms with van der Waals surface area (Å²) in [5.41, 5.74) is 2.33. The molecule has 110 valence electrons. The van der Waals surface area contributed by atoms with Gasteiger partial charge >= 0.3 is 6.61 Å². The third-order valence-corrected chi connectivity index (χ3v) is 3.61. The number of fused-ring (bicyclic) bond motifs is 1. The monoisotopic (exact) mass is 293 g/mol. The molecule has 0 bridgehead atoms. The summed E-state index contributed by atoms with van der Waals surface area (Å²) in [6.07, 6.45) is 1.45. The minimum absolute atomic E-state index is 0.0162. The van der Waals surface area contributed by atoms with Crippen LogP contribution in [-0.2, 0) is 6.42 Å². The van der Waals surface area contributed by atoms with Crippen molar-refractivity contribution in [2.24, 2.45) is 0 Å². The number of benzene rings is 2. The standard InChI is InChI=1S/C16H14F3NO/c17-14-6-2-5-13-12(14)7-8-15(13)20-10-3-1-4-11(9-10)21-16(18)19/h1-6,9,15-16,20H,7-8H2. The molecule has 1 aliphatic carbocycles. The van der Waals surface area contributed by atoms with Gasteiger partial charge in [-0.05, 0) is 42.2 Å². The van der Waals surface area contributed by atoms with Crippen molar-refractivity contribution in [2.45, 2.75) is 25.5 Å². The van der Waals surface area contributed by atoms with Crippen LogP contribution in [0.1, 0.15) is 23.6 Å². The first-order chi connectivity index (χ1) is 10.1. The summed E-state index contributed by atoms with van der Waals surface area (Å²) in [4.78, 5) is 0. The lowest BCUT2D eigenvalue weighted by atomic mass is 10.1. The highest BCUT2D eigenvalue weighted by Crippen LogP contribution is 2.35. The maximum atomic E-state index is 13.7. The Bertz CT molecular complexity index is 645. The fraction of sp³-hybridized carbons (Fsp3) is 0.250. The van der Waals surface area contributed by atoms with Gasteiger partial charge in [-0.1, -0.05) is 18.2 Å². The first-order valence-corrected chi connectivity index (χ1v) is 6.72. The number of alkyl halides is 2. The number of hydrogen-bond donors (Lipinski definition) is 1. The molecule has 2 nitrogen and oxygen atoms in total. The van der Waals surface area contributed by atoms with Crippen LogP contribution in [0.2, 0.25) is 0 Å². The van der Waals surface area contributed by atoms with Crippen LogP contribution in [-0.4, -0.2) is 6.61 Å². The van der Waals surface area contributed by atoms with Gasteiger partial charge in [-0.15, -0.1) is 0 Å². The van der Waals surface area contributed by atoms with Gasteiger partial charge in [0.1, 0.15) is 11.6 Å². The van der Waals surface area contributed by atoms with Gasteiger partial charge in [0.05, 0.1) is 6.04 Å². The van der Waals surface area contributed by atoms with E-state index in [1.54, 1.807) is 18.2 Å². The zero-order chi connectivity index (χ0) is 14.8. The molecule has 0 aromatic heterocycles. The van der Waals surface area contributed by atoms with E-state index in [9.17, 15) is 13.2 Å². The molecule has 0 fully saturated rings. The van der Waals surface area contributed by atoms with Crippen molar-refractivity contribution in [3.8, 4) is 5.75 Å². The topological polar surface area (TPSA) is 21.3 Å². The minimum atomic E-state index is -2.85. The second-order valence-corrected chi connectivity index (χ2v) is 4.95. The maximum Gasteiger partial charge on any atom is 0.387 e. The van der Waals surface area contributed by atoms with Crippen molar-refractivity contribution in [3.05, 3.63) is 59.4 Å². The highest BCUT2D eigenvalue weighted by Gasteiger charge is 2.24. The number of hydrogen-bond acceptors (Lipinski definition) is 2. The average molecular weight is 293 g/mol. The molecule has 0 radical (unpaired) electrons. The van der Waals surface area contributed by atoms with Gasteiger partial charge in [0, 0.05) is 11.8 Å². The molecule has 0 amide bonds. The lowest BCUT2D eigenvalue weighted by molar-refractivity contribution is -0.0498. The van der Waals surface area contributed by atoms with Crippen molar-refractivity contribution in [1.82, 2.24) is 0 Å². The lowest BCUT2D eigenvalue weighted by Gasteiger charge is -2.16. The Morgan fingerprint density at radius 2 is 1.95 bits per heavy atom. The van der Waals surface area contributed by atoms with Crippen molar-refractivity contribution >= 4 is 5.69 Å². The fourth-order valence-electron chi connectivity index (χ4n) is 2.72. The Morgan fingerprint density at radius 1 is 1.14 bits per heavy atom. The molecule has 1 unspecified atom stereocenters. The molecule has 1 atom stereocenters. The van der Waals surface area contributed by atoms with Crippen LogP contribution >= 0.6 is 0 Å². The average Bonchev–Trinajstić information content (AvgIpc) is 2.83. The SMILES string of the molecule is Fc1cccc2c1CCC2Nc1cccc(OC(F)F)c1. The second-order valence-electron chi connectivity index (χ2n) is 4.95. The number of ether oxygens (including phenoxy) is 1. The molecule has 5 heteroatoms. The number of nitrogens with one attached hydrogen (secondary N) is 1. The number of anilines is 1. The normalized spacial score (nSPS) is 16.9. The zero-order valence-corrected chi connectivity index (χ0v) is 11.2. The van der Waals surface area contributed by atoms with Crippen LogP contribution < -0.4 is 10.1 Å². The molecule has 3 rings (SSSR count). The van der Waals surface area contributed by atoms with Crippen LogP contribution in [0, 0.1) is 5.82 Å². The predicted molar refractivity (Wildman–Crippen MR) is 74.2 cm³/mol. The van der Waals surface area contributed by atoms with E-state index in [1.807, 2.05) is 6.07 Å². The van der Waals surface area contributed by atoms with E-state index in [4.69, 9.17) is 0 Å². The summed E-state index contributed by atoms with van der Waals surface area (Å²) in [6.45, 7) is -2.85. The summed E-state index contributed by atoms with van der Waals surface area (Å²) >= 11 is 0. The Hall–Kier alpha value is -2.17. The smallest absolute Gasteiger partial charge is 0.387 e. The highest BCUT2D eigenvalue weighted by molar-refractivity contribution is 5.51. The van der Waals surface area contributed by atoms with Crippen molar-refractivity contribution in [1.29, 1.82) is 0 Å². The zero-order valence-electron chi connectivity index (χ0n) is 11.2. The number of rotatable bonds is 4. The first kappa shape index (κ1) is 13.8. The molecule has 0 saturated carbocycles. The predicted octanol–water partition coefficient (Wildman–Crippen LogP) is 4.53. The van der Waals surface area contributed by atoms with Crippen LogP contribution in [0.4, 0.5) is 18.9 Å². The Kier molecular flexibility index (Phi) is 3.73. The summed E-state index contributed by atoms with van der Waals surface area (Å²) in [5, 5.41) is 3.25. The minimum Gasteiger partial charge on any atom is -0.435 e. The van der Waals surface area contributed by atoms with Crippen LogP contribution in [0.25, 0.3) is 0 Å². The van der Waals surface area contributed by atoms with E-state index < -0.39 is 6.61 Å². The van der Waals surface area contributed by atoms with Gasteiger partial charge in [-0.2, -0.15) is 8.78 Å². The second kappa shape index (κ2) is 5.68. The lowest BCUT2D eigenvalue weighted by Crippen LogP contribution is -2.08. The summed E-state index contributed by atoms with van der Waals surface area (Å²) in [5.74, 6) is -0.0842. The van der Waals surface area contributed by atoms with E-state index in [0.29, 0.717) is 12.1 Å². The van der Waals surface area contributed by atoms with Gasteiger partial charge in [0.2, 0.25) is 0 Å². The fourth-order valence-corrected chi connectivity index (χ4v) is 2.72. The quantitative estimate of drug-likeness (QED) is 0.894. The van der Waals surface area contributed by atoms with Gasteiger partial charge in [-0.25, -0.2) is 4.39 Å². The molecule has 0 heterocycles. The molecule has 21 heavy (non-hydrogen) atoms.